The van der Waals surface area contributed by atoms with Crippen molar-refractivity contribution in [2.24, 2.45) is 5.18 Å². The van der Waals surface area contributed by atoms with Gasteiger partial charge < -0.3 is 4.90 Å². The van der Waals surface area contributed by atoms with Crippen molar-refractivity contribution in [1.82, 2.24) is 9.38 Å². The van der Waals surface area contributed by atoms with Crippen LogP contribution in [-0.2, 0) is 0 Å². The number of pyridine rings is 1. The van der Waals surface area contributed by atoms with Crippen molar-refractivity contribution in [3.05, 3.63) is 53.1 Å². The van der Waals surface area contributed by atoms with Gasteiger partial charge in [0, 0.05) is 31.5 Å². The maximum Gasteiger partial charge on any atom is 0.209 e. The molecule has 0 N–H and O–H groups in total. The summed E-state index contributed by atoms with van der Waals surface area (Å²) in [5.41, 5.74) is 4.37. The zero-order valence-electron chi connectivity index (χ0n) is 12.2. The molecule has 0 amide bonds. The van der Waals surface area contributed by atoms with Crippen LogP contribution in [-0.4, -0.2) is 23.5 Å². The highest BCUT2D eigenvalue weighted by molar-refractivity contribution is 5.75. The molecular weight excluding hydrogens is 264 g/mol. The summed E-state index contributed by atoms with van der Waals surface area (Å²) in [5.74, 6) is 0.339. The summed E-state index contributed by atoms with van der Waals surface area (Å²) in [6.07, 6.45) is 1.87. The topological polar surface area (TPSA) is 50.0 Å². The summed E-state index contributed by atoms with van der Waals surface area (Å²) < 4.78 is 1.73. The number of hydrogen-bond acceptors (Lipinski definition) is 4. The SMILES string of the molecule is Cc1ccc2nc(-c3ccc(N(C)C)cc3)c(N=O)n2c1. The molecular formula is C16H16N4O. The molecule has 0 aliphatic carbocycles. The van der Waals surface area contributed by atoms with E-state index in [9.17, 15) is 4.91 Å². The molecule has 0 aliphatic heterocycles. The van der Waals surface area contributed by atoms with E-state index in [4.69, 9.17) is 0 Å². The quantitative estimate of drug-likeness (QED) is 0.686. The summed E-state index contributed by atoms with van der Waals surface area (Å²) in [4.78, 5) is 17.8. The normalized spacial score (nSPS) is 10.8. The monoisotopic (exact) mass is 280 g/mol. The zero-order valence-corrected chi connectivity index (χ0v) is 12.2. The van der Waals surface area contributed by atoms with Gasteiger partial charge in [-0.2, -0.15) is 0 Å². The van der Waals surface area contributed by atoms with Crippen LogP contribution in [0.3, 0.4) is 0 Å². The predicted octanol–water partition coefficient (Wildman–Crippen LogP) is 3.77. The summed E-state index contributed by atoms with van der Waals surface area (Å²) in [7, 11) is 3.97. The molecule has 0 fully saturated rings. The van der Waals surface area contributed by atoms with Crippen LogP contribution in [0.1, 0.15) is 5.56 Å². The second-order valence-corrected chi connectivity index (χ2v) is 5.25. The first-order chi connectivity index (χ1) is 10.1. The van der Waals surface area contributed by atoms with Crippen molar-refractivity contribution >= 4 is 17.2 Å². The Morgan fingerprint density at radius 3 is 2.43 bits per heavy atom. The van der Waals surface area contributed by atoms with E-state index in [1.807, 2.05) is 68.5 Å². The molecule has 2 aromatic heterocycles. The van der Waals surface area contributed by atoms with Gasteiger partial charge in [-0.3, -0.25) is 4.40 Å². The van der Waals surface area contributed by atoms with E-state index in [2.05, 4.69) is 10.2 Å². The fourth-order valence-corrected chi connectivity index (χ4v) is 2.34. The Balaban J connectivity index is 2.17. The van der Waals surface area contributed by atoms with Crippen LogP contribution < -0.4 is 4.90 Å². The van der Waals surface area contributed by atoms with Gasteiger partial charge in [-0.15, -0.1) is 4.91 Å². The maximum atomic E-state index is 11.2. The lowest BCUT2D eigenvalue weighted by molar-refractivity contribution is 1.13. The van der Waals surface area contributed by atoms with Crippen LogP contribution in [0, 0.1) is 11.8 Å². The number of rotatable bonds is 3. The minimum absolute atomic E-state index is 0.339. The average Bonchev–Trinajstić information content (AvgIpc) is 2.85. The van der Waals surface area contributed by atoms with E-state index in [0.717, 1.165) is 22.5 Å². The number of fused-ring (bicyclic) bond motifs is 1. The van der Waals surface area contributed by atoms with Gasteiger partial charge in [0.1, 0.15) is 11.3 Å². The van der Waals surface area contributed by atoms with Gasteiger partial charge in [-0.1, -0.05) is 18.2 Å². The van der Waals surface area contributed by atoms with Gasteiger partial charge >= 0.3 is 0 Å². The molecule has 2 heterocycles. The number of nitrogens with zero attached hydrogens (tertiary/aromatic N) is 4. The lowest BCUT2D eigenvalue weighted by Crippen LogP contribution is -2.07. The first-order valence-corrected chi connectivity index (χ1v) is 6.70. The second-order valence-electron chi connectivity index (χ2n) is 5.25. The molecule has 1 aromatic carbocycles. The Bertz CT molecular complexity index is 803. The third kappa shape index (κ3) is 2.27. The molecule has 5 nitrogen and oxygen atoms in total. The Morgan fingerprint density at radius 2 is 1.81 bits per heavy atom. The van der Waals surface area contributed by atoms with Crippen molar-refractivity contribution in [3.63, 3.8) is 0 Å². The van der Waals surface area contributed by atoms with Gasteiger partial charge in [0.05, 0.1) is 0 Å². The standard InChI is InChI=1S/C16H16N4O/c1-11-4-9-14-17-15(16(18-21)20(14)10-11)12-5-7-13(8-6-12)19(2)3/h4-10H,1-3H3. The molecule has 0 aliphatic rings. The predicted molar refractivity (Wildman–Crippen MR) is 85.1 cm³/mol. The molecule has 3 rings (SSSR count). The largest absolute Gasteiger partial charge is 0.378 e. The lowest BCUT2D eigenvalue weighted by Gasteiger charge is -2.12. The molecule has 106 valence electrons. The summed E-state index contributed by atoms with van der Waals surface area (Å²) in [6, 6.07) is 11.8. The fraction of sp³-hybridized carbons (Fsp3) is 0.188. The molecule has 0 bridgehead atoms. The molecule has 0 saturated heterocycles. The molecule has 5 heteroatoms. The third-order valence-corrected chi connectivity index (χ3v) is 3.48. The van der Waals surface area contributed by atoms with Crippen LogP contribution in [0.5, 0.6) is 0 Å². The number of anilines is 1. The molecule has 0 unspecified atom stereocenters. The molecule has 0 spiro atoms. The molecule has 0 saturated carbocycles. The fourth-order valence-electron chi connectivity index (χ4n) is 2.34. The van der Waals surface area contributed by atoms with E-state index < -0.39 is 0 Å². The molecule has 21 heavy (non-hydrogen) atoms. The van der Waals surface area contributed by atoms with Crippen LogP contribution >= 0.6 is 0 Å². The average molecular weight is 280 g/mol. The van der Waals surface area contributed by atoms with Gasteiger partial charge in [0.15, 0.2) is 0 Å². The van der Waals surface area contributed by atoms with E-state index in [1.54, 1.807) is 4.40 Å². The summed E-state index contributed by atoms with van der Waals surface area (Å²) >= 11 is 0. The van der Waals surface area contributed by atoms with Crippen molar-refractivity contribution in [2.75, 3.05) is 19.0 Å². The first-order valence-electron chi connectivity index (χ1n) is 6.70. The molecule has 3 aromatic rings. The number of imidazole rings is 1. The van der Waals surface area contributed by atoms with Crippen LogP contribution in [0.15, 0.2) is 47.8 Å². The van der Waals surface area contributed by atoms with Crippen LogP contribution in [0.25, 0.3) is 16.9 Å². The van der Waals surface area contributed by atoms with Crippen molar-refractivity contribution in [2.45, 2.75) is 6.92 Å². The number of benzene rings is 1. The Hall–Kier alpha value is -2.69. The highest BCUT2D eigenvalue weighted by atomic mass is 16.3. The second kappa shape index (κ2) is 5.01. The van der Waals surface area contributed by atoms with Gasteiger partial charge in [0.2, 0.25) is 5.82 Å². The summed E-state index contributed by atoms with van der Waals surface area (Å²) in [5, 5.41) is 3.17. The van der Waals surface area contributed by atoms with Gasteiger partial charge in [0.25, 0.3) is 0 Å². The van der Waals surface area contributed by atoms with Crippen molar-refractivity contribution in [1.29, 1.82) is 0 Å². The zero-order chi connectivity index (χ0) is 15.0. The number of hydrogen-bond donors (Lipinski definition) is 0. The minimum atomic E-state index is 0.339. The number of nitroso groups, excluding NO2 is 1. The highest BCUT2D eigenvalue weighted by Crippen LogP contribution is 2.31. The van der Waals surface area contributed by atoms with E-state index in [1.165, 1.54) is 0 Å². The molecule has 0 radical (unpaired) electrons. The van der Waals surface area contributed by atoms with Crippen LogP contribution in [0.4, 0.5) is 11.5 Å². The Labute approximate surface area is 122 Å². The minimum Gasteiger partial charge on any atom is -0.378 e. The number of aromatic nitrogens is 2. The van der Waals surface area contributed by atoms with Crippen molar-refractivity contribution in [3.8, 4) is 11.3 Å². The van der Waals surface area contributed by atoms with Crippen molar-refractivity contribution < 1.29 is 0 Å². The maximum absolute atomic E-state index is 11.2. The Kier molecular flexibility index (Phi) is 3.17. The van der Waals surface area contributed by atoms with E-state index >= 15 is 0 Å². The van der Waals surface area contributed by atoms with Gasteiger partial charge in [-0.25, -0.2) is 4.98 Å². The van der Waals surface area contributed by atoms with Crippen LogP contribution in [0.2, 0.25) is 0 Å². The highest BCUT2D eigenvalue weighted by Gasteiger charge is 2.14. The van der Waals surface area contributed by atoms with E-state index in [-0.39, 0.29) is 0 Å². The third-order valence-electron chi connectivity index (χ3n) is 3.48. The number of aryl methyl sites for hydroxylation is 1. The lowest BCUT2D eigenvalue weighted by atomic mass is 10.1. The van der Waals surface area contributed by atoms with Gasteiger partial charge in [-0.05, 0) is 35.9 Å². The molecule has 0 atom stereocenters. The Morgan fingerprint density at radius 1 is 1.10 bits per heavy atom. The van der Waals surface area contributed by atoms with E-state index in [0.29, 0.717) is 11.5 Å². The first kappa shape index (κ1) is 13.3. The smallest absolute Gasteiger partial charge is 0.209 e. The summed E-state index contributed by atoms with van der Waals surface area (Å²) in [6.45, 7) is 1.97.